The molecule has 3 heterocycles. The molecule has 4 rings (SSSR count). The van der Waals surface area contributed by atoms with Crippen molar-refractivity contribution in [3.8, 4) is 0 Å². The minimum Gasteiger partial charge on any atom is -0.335 e. The smallest absolute Gasteiger partial charge is 0.335 e. The van der Waals surface area contributed by atoms with Gasteiger partial charge in [0.1, 0.15) is 6.04 Å². The minimum atomic E-state index is -4.58. The van der Waals surface area contributed by atoms with Gasteiger partial charge in [-0.25, -0.2) is 9.69 Å². The fourth-order valence-electron chi connectivity index (χ4n) is 4.56. The summed E-state index contributed by atoms with van der Waals surface area (Å²) in [7, 11) is 0. The topological polar surface area (TPSA) is 60.9 Å². The van der Waals surface area contributed by atoms with Crippen LogP contribution >= 0.6 is 0 Å². The Morgan fingerprint density at radius 2 is 1.86 bits per heavy atom. The fourth-order valence-corrected chi connectivity index (χ4v) is 4.56. The number of piperazine rings is 1. The number of likely N-dealkylation sites (tertiary alicyclic amines) is 1. The van der Waals surface area contributed by atoms with Crippen molar-refractivity contribution >= 4 is 23.5 Å². The average Bonchev–Trinajstić information content (AvgIpc) is 3.24. The van der Waals surface area contributed by atoms with E-state index in [4.69, 9.17) is 0 Å². The standard InChI is InChI=1S/C20H22F3N3O3/c1-19(2,3)9-15(27)24-10-13-8-14(24)16-17(28)26(18(29)25(13)16)12-6-4-5-11(7-12)20(21,22)23/h4-7,13-14,16H,8-10H2,1-3H3/t13-,14-,16+/m0/s1. The summed E-state index contributed by atoms with van der Waals surface area (Å²) < 4.78 is 39.1. The van der Waals surface area contributed by atoms with E-state index in [1.807, 2.05) is 20.8 Å². The SMILES string of the molecule is CC(C)(C)CC(=O)N1C[C@@H]2C[C@H]1[C@@H]1C(=O)N(c3cccc(C(F)(F)F)c3)C(=O)N21. The van der Waals surface area contributed by atoms with Crippen molar-refractivity contribution in [2.45, 2.75) is 57.9 Å². The number of urea groups is 1. The van der Waals surface area contributed by atoms with E-state index in [9.17, 15) is 27.6 Å². The van der Waals surface area contributed by atoms with Crippen LogP contribution in [0.5, 0.6) is 0 Å². The average molecular weight is 409 g/mol. The number of hydrogen-bond acceptors (Lipinski definition) is 3. The number of carbonyl (C=O) groups is 3. The van der Waals surface area contributed by atoms with Crippen LogP contribution in [-0.2, 0) is 15.8 Å². The molecule has 2 bridgehead atoms. The maximum Gasteiger partial charge on any atom is 0.416 e. The summed E-state index contributed by atoms with van der Waals surface area (Å²) in [5.41, 5.74) is -1.23. The summed E-state index contributed by atoms with van der Waals surface area (Å²) in [4.78, 5) is 42.6. The van der Waals surface area contributed by atoms with Crippen molar-refractivity contribution in [2.24, 2.45) is 5.41 Å². The van der Waals surface area contributed by atoms with Crippen LogP contribution in [-0.4, -0.2) is 52.3 Å². The summed E-state index contributed by atoms with van der Waals surface area (Å²) >= 11 is 0. The number of halogens is 3. The van der Waals surface area contributed by atoms with Crippen LogP contribution in [0.3, 0.4) is 0 Å². The molecule has 29 heavy (non-hydrogen) atoms. The van der Waals surface area contributed by atoms with Crippen molar-refractivity contribution in [2.75, 3.05) is 11.4 Å². The van der Waals surface area contributed by atoms with Gasteiger partial charge in [-0.2, -0.15) is 13.2 Å². The highest BCUT2D eigenvalue weighted by molar-refractivity contribution is 6.22. The monoisotopic (exact) mass is 409 g/mol. The molecule has 3 atom stereocenters. The number of anilines is 1. The van der Waals surface area contributed by atoms with E-state index in [1.54, 1.807) is 4.90 Å². The van der Waals surface area contributed by atoms with E-state index < -0.39 is 35.8 Å². The number of amides is 4. The van der Waals surface area contributed by atoms with Gasteiger partial charge in [-0.3, -0.25) is 9.59 Å². The number of alkyl halides is 3. The van der Waals surface area contributed by atoms with Gasteiger partial charge in [0.15, 0.2) is 0 Å². The van der Waals surface area contributed by atoms with E-state index >= 15 is 0 Å². The van der Waals surface area contributed by atoms with Gasteiger partial charge in [-0.05, 0) is 30.0 Å². The third kappa shape index (κ3) is 3.16. The van der Waals surface area contributed by atoms with Crippen molar-refractivity contribution in [1.29, 1.82) is 0 Å². The lowest BCUT2D eigenvalue weighted by molar-refractivity contribution is -0.138. The lowest BCUT2D eigenvalue weighted by Gasteiger charge is -2.36. The van der Waals surface area contributed by atoms with E-state index in [1.165, 1.54) is 17.0 Å². The maximum atomic E-state index is 13.0. The number of hydrogen-bond donors (Lipinski definition) is 0. The molecule has 1 aromatic carbocycles. The molecule has 1 aromatic rings. The van der Waals surface area contributed by atoms with Gasteiger partial charge in [0.05, 0.1) is 23.3 Å². The molecule has 0 saturated carbocycles. The Balaban J connectivity index is 1.61. The lowest BCUT2D eigenvalue weighted by atomic mass is 9.91. The number of fused-ring (bicyclic) bond motifs is 5. The van der Waals surface area contributed by atoms with Crippen molar-refractivity contribution in [3.63, 3.8) is 0 Å². The van der Waals surface area contributed by atoms with Crippen molar-refractivity contribution in [1.82, 2.24) is 9.80 Å². The van der Waals surface area contributed by atoms with E-state index in [2.05, 4.69) is 0 Å². The maximum absolute atomic E-state index is 13.0. The predicted molar refractivity (Wildman–Crippen MR) is 97.9 cm³/mol. The molecule has 6 nitrogen and oxygen atoms in total. The first-order valence-electron chi connectivity index (χ1n) is 9.51. The number of imide groups is 1. The molecule has 0 aliphatic carbocycles. The van der Waals surface area contributed by atoms with Gasteiger partial charge in [0.2, 0.25) is 5.91 Å². The summed E-state index contributed by atoms with van der Waals surface area (Å²) in [6.07, 6.45) is -3.73. The molecule has 3 aliphatic heterocycles. The predicted octanol–water partition coefficient (Wildman–Crippen LogP) is 3.26. The molecular formula is C20H22F3N3O3. The number of nitrogens with zero attached hydrogens (tertiary/aromatic N) is 3. The first-order chi connectivity index (χ1) is 13.4. The van der Waals surface area contributed by atoms with Gasteiger partial charge in [-0.1, -0.05) is 26.8 Å². The van der Waals surface area contributed by atoms with Crippen LogP contribution in [0.25, 0.3) is 0 Å². The normalized spacial score (nSPS) is 26.6. The highest BCUT2D eigenvalue weighted by Crippen LogP contribution is 2.43. The van der Waals surface area contributed by atoms with Gasteiger partial charge < -0.3 is 9.80 Å². The molecule has 0 radical (unpaired) electrons. The summed E-state index contributed by atoms with van der Waals surface area (Å²) in [6.45, 7) is 6.20. The Bertz CT molecular complexity index is 893. The second-order valence-electron chi connectivity index (χ2n) is 9.10. The van der Waals surface area contributed by atoms with Crippen molar-refractivity contribution in [3.05, 3.63) is 29.8 Å². The zero-order valence-corrected chi connectivity index (χ0v) is 16.4. The molecule has 0 unspecified atom stereocenters. The molecule has 0 N–H and O–H groups in total. The van der Waals surface area contributed by atoms with E-state index in [0.29, 0.717) is 19.4 Å². The Morgan fingerprint density at radius 1 is 1.17 bits per heavy atom. The second kappa shape index (κ2) is 6.21. The Morgan fingerprint density at radius 3 is 2.48 bits per heavy atom. The molecular weight excluding hydrogens is 387 g/mol. The van der Waals surface area contributed by atoms with Crippen LogP contribution < -0.4 is 4.90 Å². The molecule has 0 spiro atoms. The first-order valence-corrected chi connectivity index (χ1v) is 9.51. The largest absolute Gasteiger partial charge is 0.416 e. The lowest BCUT2D eigenvalue weighted by Crippen LogP contribution is -2.55. The third-order valence-electron chi connectivity index (χ3n) is 5.70. The summed E-state index contributed by atoms with van der Waals surface area (Å²) in [5, 5.41) is 0. The van der Waals surface area contributed by atoms with Crippen LogP contribution in [0, 0.1) is 5.41 Å². The highest BCUT2D eigenvalue weighted by atomic mass is 19.4. The summed E-state index contributed by atoms with van der Waals surface area (Å²) in [6, 6.07) is 2.03. The van der Waals surface area contributed by atoms with Gasteiger partial charge in [0, 0.05) is 13.0 Å². The molecule has 9 heteroatoms. The molecule has 4 amide bonds. The highest BCUT2D eigenvalue weighted by Gasteiger charge is 2.62. The van der Waals surface area contributed by atoms with Crippen LogP contribution in [0.15, 0.2) is 24.3 Å². The van der Waals surface area contributed by atoms with Gasteiger partial charge >= 0.3 is 12.2 Å². The van der Waals surface area contributed by atoms with Gasteiger partial charge in [0.25, 0.3) is 5.91 Å². The number of benzene rings is 1. The van der Waals surface area contributed by atoms with Crippen LogP contribution in [0.1, 0.15) is 39.2 Å². The number of carbonyl (C=O) groups excluding carboxylic acids is 3. The summed E-state index contributed by atoms with van der Waals surface area (Å²) in [5.74, 6) is -0.641. The molecule has 3 saturated heterocycles. The van der Waals surface area contributed by atoms with Crippen LogP contribution in [0.2, 0.25) is 0 Å². The van der Waals surface area contributed by atoms with E-state index in [0.717, 1.165) is 17.0 Å². The fraction of sp³-hybridized carbons (Fsp3) is 0.550. The van der Waals surface area contributed by atoms with E-state index in [-0.39, 0.29) is 23.1 Å². The minimum absolute atomic E-state index is 0.0672. The first kappa shape index (κ1) is 19.7. The molecule has 156 valence electrons. The molecule has 0 aromatic heterocycles. The Labute approximate surface area is 166 Å². The second-order valence-corrected chi connectivity index (χ2v) is 9.10. The third-order valence-corrected chi connectivity index (χ3v) is 5.70. The molecule has 3 fully saturated rings. The zero-order chi connectivity index (χ0) is 21.3. The Kier molecular flexibility index (Phi) is 4.22. The molecule has 3 aliphatic rings. The quantitative estimate of drug-likeness (QED) is 0.705. The zero-order valence-electron chi connectivity index (χ0n) is 16.4. The van der Waals surface area contributed by atoms with Gasteiger partial charge in [-0.15, -0.1) is 0 Å². The van der Waals surface area contributed by atoms with Crippen molar-refractivity contribution < 1.29 is 27.6 Å². The Hall–Kier alpha value is -2.58. The van der Waals surface area contributed by atoms with Crippen LogP contribution in [0.4, 0.5) is 23.7 Å². The number of rotatable bonds is 2.